The number of aryl methyl sites for hydroxylation is 2. The summed E-state index contributed by atoms with van der Waals surface area (Å²) in [6, 6.07) is 18.7. The van der Waals surface area contributed by atoms with Gasteiger partial charge in [-0.1, -0.05) is 45.8 Å². The van der Waals surface area contributed by atoms with E-state index in [1.807, 2.05) is 32.9 Å². The summed E-state index contributed by atoms with van der Waals surface area (Å²) in [5.74, 6) is -0.0771. The molecule has 168 valence electrons. The average Bonchev–Trinajstić information content (AvgIpc) is 2.76. The summed E-state index contributed by atoms with van der Waals surface area (Å²) in [6.45, 7) is 5.56. The first kappa shape index (κ1) is 23.8. The van der Waals surface area contributed by atoms with Crippen LogP contribution in [0.3, 0.4) is 0 Å². The fourth-order valence-electron chi connectivity index (χ4n) is 3.13. The number of rotatable bonds is 8. The zero-order chi connectivity index (χ0) is 23.3. The number of nitrogens with one attached hydrogen (secondary N) is 1. The minimum absolute atomic E-state index is 0.0988. The lowest BCUT2D eigenvalue weighted by atomic mass is 10.2. The monoisotopic (exact) mass is 516 g/mol. The smallest absolute Gasteiger partial charge is 0.264 e. The Bertz CT molecular complexity index is 1210. The maximum atomic E-state index is 13.6. The maximum absolute atomic E-state index is 13.6. The zero-order valence-corrected chi connectivity index (χ0v) is 20.5. The van der Waals surface area contributed by atoms with Gasteiger partial charge in [-0.25, -0.2) is 8.42 Å². The topological polar surface area (TPSA) is 75.7 Å². The number of hydrogen-bond acceptors (Lipinski definition) is 4. The van der Waals surface area contributed by atoms with Crippen molar-refractivity contribution < 1.29 is 17.9 Å². The van der Waals surface area contributed by atoms with E-state index < -0.39 is 22.5 Å². The SMILES string of the molecule is CCOc1ccccc1N(CC(=O)Nc1ccc(Br)c(C)c1)S(=O)(=O)c1ccc(C)cc1. The van der Waals surface area contributed by atoms with Crippen molar-refractivity contribution in [2.45, 2.75) is 25.7 Å². The average molecular weight is 517 g/mol. The molecule has 0 fully saturated rings. The van der Waals surface area contributed by atoms with E-state index in [0.29, 0.717) is 23.7 Å². The van der Waals surface area contributed by atoms with Crippen LogP contribution < -0.4 is 14.4 Å². The van der Waals surface area contributed by atoms with E-state index >= 15 is 0 Å². The van der Waals surface area contributed by atoms with Gasteiger partial charge < -0.3 is 10.1 Å². The second kappa shape index (κ2) is 10.2. The normalized spacial score (nSPS) is 11.1. The maximum Gasteiger partial charge on any atom is 0.264 e. The van der Waals surface area contributed by atoms with Crippen LogP contribution in [0, 0.1) is 13.8 Å². The molecule has 0 saturated carbocycles. The second-order valence-electron chi connectivity index (χ2n) is 7.24. The molecule has 0 bridgehead atoms. The van der Waals surface area contributed by atoms with Gasteiger partial charge in [-0.2, -0.15) is 0 Å². The van der Waals surface area contributed by atoms with Crippen molar-refractivity contribution in [3.63, 3.8) is 0 Å². The predicted octanol–water partition coefficient (Wildman–Crippen LogP) is 5.30. The van der Waals surface area contributed by atoms with Gasteiger partial charge in [0.25, 0.3) is 10.0 Å². The molecule has 3 rings (SSSR count). The van der Waals surface area contributed by atoms with Crippen LogP contribution in [0.4, 0.5) is 11.4 Å². The van der Waals surface area contributed by atoms with Crippen LogP contribution in [0.25, 0.3) is 0 Å². The van der Waals surface area contributed by atoms with Crippen LogP contribution in [0.5, 0.6) is 5.75 Å². The van der Waals surface area contributed by atoms with Crippen molar-refractivity contribution in [2.24, 2.45) is 0 Å². The second-order valence-corrected chi connectivity index (χ2v) is 9.95. The molecule has 0 heterocycles. The van der Waals surface area contributed by atoms with E-state index in [0.717, 1.165) is 19.9 Å². The highest BCUT2D eigenvalue weighted by atomic mass is 79.9. The molecule has 0 radical (unpaired) electrons. The molecule has 0 aromatic heterocycles. The van der Waals surface area contributed by atoms with Gasteiger partial charge in [-0.05, 0) is 68.8 Å². The van der Waals surface area contributed by atoms with Gasteiger partial charge in [0.15, 0.2) is 0 Å². The van der Waals surface area contributed by atoms with Crippen molar-refractivity contribution in [1.29, 1.82) is 0 Å². The lowest BCUT2D eigenvalue weighted by Crippen LogP contribution is -2.38. The summed E-state index contributed by atoms with van der Waals surface area (Å²) in [4.78, 5) is 13.0. The molecular weight excluding hydrogens is 492 g/mol. The molecule has 0 aliphatic heterocycles. The number of carbonyl (C=O) groups excluding carboxylic acids is 1. The fraction of sp³-hybridized carbons (Fsp3) is 0.208. The number of para-hydroxylation sites is 2. The summed E-state index contributed by atoms with van der Waals surface area (Å²) in [6.07, 6.45) is 0. The van der Waals surface area contributed by atoms with Crippen molar-refractivity contribution >= 4 is 43.2 Å². The summed E-state index contributed by atoms with van der Waals surface area (Å²) in [5.41, 5.74) is 2.78. The van der Waals surface area contributed by atoms with Crippen LogP contribution in [0.15, 0.2) is 76.1 Å². The quantitative estimate of drug-likeness (QED) is 0.440. The van der Waals surface area contributed by atoms with E-state index in [9.17, 15) is 13.2 Å². The third-order valence-electron chi connectivity index (χ3n) is 4.77. The number of carbonyl (C=O) groups is 1. The highest BCUT2D eigenvalue weighted by molar-refractivity contribution is 9.10. The van der Waals surface area contributed by atoms with E-state index in [1.54, 1.807) is 42.5 Å². The number of ether oxygens (including phenoxy) is 1. The molecule has 1 N–H and O–H groups in total. The minimum atomic E-state index is -4.03. The third kappa shape index (κ3) is 5.49. The molecule has 0 atom stereocenters. The molecule has 0 aliphatic rings. The van der Waals surface area contributed by atoms with Gasteiger partial charge >= 0.3 is 0 Å². The summed E-state index contributed by atoms with van der Waals surface area (Å²) < 4.78 is 34.8. The number of halogens is 1. The van der Waals surface area contributed by atoms with Gasteiger partial charge in [0, 0.05) is 10.2 Å². The van der Waals surface area contributed by atoms with Crippen molar-refractivity contribution in [1.82, 2.24) is 0 Å². The van der Waals surface area contributed by atoms with Crippen LogP contribution in [0.1, 0.15) is 18.1 Å². The van der Waals surface area contributed by atoms with Crippen LogP contribution >= 0.6 is 15.9 Å². The lowest BCUT2D eigenvalue weighted by molar-refractivity contribution is -0.114. The molecule has 0 aliphatic carbocycles. The van der Waals surface area contributed by atoms with E-state index in [-0.39, 0.29) is 4.90 Å². The van der Waals surface area contributed by atoms with Crippen molar-refractivity contribution in [3.8, 4) is 5.75 Å². The summed E-state index contributed by atoms with van der Waals surface area (Å²) in [5, 5.41) is 2.79. The van der Waals surface area contributed by atoms with Gasteiger partial charge in [0.2, 0.25) is 5.91 Å². The molecular formula is C24H25BrN2O4S. The molecule has 8 heteroatoms. The highest BCUT2D eigenvalue weighted by Crippen LogP contribution is 2.32. The largest absolute Gasteiger partial charge is 0.492 e. The van der Waals surface area contributed by atoms with Gasteiger partial charge in [-0.15, -0.1) is 0 Å². The summed E-state index contributed by atoms with van der Waals surface area (Å²) >= 11 is 3.43. The van der Waals surface area contributed by atoms with Gasteiger partial charge in [0.05, 0.1) is 17.2 Å². The van der Waals surface area contributed by atoms with Crippen molar-refractivity contribution in [3.05, 3.63) is 82.3 Å². The fourth-order valence-corrected chi connectivity index (χ4v) is 4.81. The van der Waals surface area contributed by atoms with Crippen LogP contribution in [-0.4, -0.2) is 27.5 Å². The van der Waals surface area contributed by atoms with Crippen LogP contribution in [0.2, 0.25) is 0 Å². The minimum Gasteiger partial charge on any atom is -0.492 e. The molecule has 32 heavy (non-hydrogen) atoms. The first-order valence-corrected chi connectivity index (χ1v) is 12.3. The standard InChI is InChI=1S/C24H25BrN2O4S/c1-4-31-23-8-6-5-7-22(23)27(32(29,30)20-12-9-17(2)10-13-20)16-24(28)26-19-11-14-21(25)18(3)15-19/h5-15H,4,16H2,1-3H3,(H,26,28). The number of amides is 1. The Morgan fingerprint density at radius 1 is 1.03 bits per heavy atom. The molecule has 1 amide bonds. The Morgan fingerprint density at radius 2 is 1.72 bits per heavy atom. The number of sulfonamides is 1. The first-order chi connectivity index (χ1) is 15.2. The molecule has 3 aromatic carbocycles. The molecule has 6 nitrogen and oxygen atoms in total. The lowest BCUT2D eigenvalue weighted by Gasteiger charge is -2.26. The third-order valence-corrected chi connectivity index (χ3v) is 7.44. The van der Waals surface area contributed by atoms with Gasteiger partial charge in [0.1, 0.15) is 12.3 Å². The molecule has 0 spiro atoms. The Hall–Kier alpha value is -2.84. The number of nitrogens with zero attached hydrogens (tertiary/aromatic N) is 1. The first-order valence-electron chi connectivity index (χ1n) is 10.1. The Balaban J connectivity index is 1.99. The Kier molecular flexibility index (Phi) is 7.58. The van der Waals surface area contributed by atoms with Crippen LogP contribution in [-0.2, 0) is 14.8 Å². The number of anilines is 2. The van der Waals surface area contributed by atoms with E-state index in [4.69, 9.17) is 4.74 Å². The predicted molar refractivity (Wildman–Crippen MR) is 131 cm³/mol. The number of benzene rings is 3. The van der Waals surface area contributed by atoms with E-state index in [2.05, 4.69) is 21.2 Å². The highest BCUT2D eigenvalue weighted by Gasteiger charge is 2.29. The molecule has 3 aromatic rings. The summed E-state index contributed by atoms with van der Waals surface area (Å²) in [7, 11) is -4.03. The van der Waals surface area contributed by atoms with Crippen molar-refractivity contribution in [2.75, 3.05) is 22.8 Å². The Labute approximate surface area is 197 Å². The number of hydrogen-bond donors (Lipinski definition) is 1. The Morgan fingerprint density at radius 3 is 2.38 bits per heavy atom. The zero-order valence-electron chi connectivity index (χ0n) is 18.1. The molecule has 0 unspecified atom stereocenters. The molecule has 0 saturated heterocycles. The van der Waals surface area contributed by atoms with Gasteiger partial charge in [-0.3, -0.25) is 9.10 Å². The van der Waals surface area contributed by atoms with E-state index in [1.165, 1.54) is 12.1 Å².